The predicted octanol–water partition coefficient (Wildman–Crippen LogP) is 6.89. The van der Waals surface area contributed by atoms with E-state index in [0.717, 1.165) is 52.2 Å². The molecule has 1 aromatic heterocycles. The van der Waals surface area contributed by atoms with E-state index in [1.165, 1.54) is 11.3 Å². The second kappa shape index (κ2) is 11.3. The van der Waals surface area contributed by atoms with Crippen LogP contribution in [0.5, 0.6) is 11.5 Å². The van der Waals surface area contributed by atoms with Crippen molar-refractivity contribution >= 4 is 38.3 Å². The lowest BCUT2D eigenvalue weighted by Crippen LogP contribution is -2.20. The second-order valence-corrected chi connectivity index (χ2v) is 9.21. The predicted molar refractivity (Wildman–Crippen MR) is 130 cm³/mol. The molecule has 3 aromatic rings. The summed E-state index contributed by atoms with van der Waals surface area (Å²) in [5.74, 6) is 1.62. The maximum Gasteiger partial charge on any atom is 0.264 e. The Hall–Kier alpha value is -2.38. The van der Waals surface area contributed by atoms with Crippen molar-refractivity contribution in [1.82, 2.24) is 4.98 Å². The fraction of sp³-hybridized carbons (Fsp3) is 0.333. The number of nitrogens with one attached hydrogen (secondary N) is 1. The molecule has 0 spiro atoms. The molecule has 3 rings (SSSR count). The fourth-order valence-corrected chi connectivity index (χ4v) is 4.04. The van der Waals surface area contributed by atoms with Gasteiger partial charge in [0.05, 0.1) is 12.3 Å². The molecule has 0 radical (unpaired) electrons. The molecule has 7 heteroatoms. The molecular weight excluding hydrogens is 476 g/mol. The zero-order chi connectivity index (χ0) is 22.2. The number of carbonyl (C=O) groups is 1. The molecule has 0 aliphatic rings. The molecule has 0 saturated heterocycles. The minimum Gasteiger partial charge on any atom is -0.494 e. The third kappa shape index (κ3) is 6.80. The topological polar surface area (TPSA) is 60.5 Å². The molecule has 1 heterocycles. The number of amides is 1. The normalized spacial score (nSPS) is 10.9. The smallest absolute Gasteiger partial charge is 0.264 e. The summed E-state index contributed by atoms with van der Waals surface area (Å²) in [5, 5.41) is 5.29. The van der Waals surface area contributed by atoms with Gasteiger partial charge < -0.3 is 9.47 Å². The summed E-state index contributed by atoms with van der Waals surface area (Å²) >= 11 is 4.87. The van der Waals surface area contributed by atoms with Gasteiger partial charge in [0.15, 0.2) is 11.7 Å². The summed E-state index contributed by atoms with van der Waals surface area (Å²) in [7, 11) is 0. The van der Waals surface area contributed by atoms with Crippen molar-refractivity contribution in [3.8, 4) is 22.8 Å². The number of rotatable bonds is 10. The minimum absolute atomic E-state index is 0.0694. The number of hydrogen-bond acceptors (Lipinski definition) is 5. The van der Waals surface area contributed by atoms with Gasteiger partial charge in [-0.15, -0.1) is 11.3 Å². The summed E-state index contributed by atoms with van der Waals surface area (Å²) in [6, 6.07) is 13.7. The number of ether oxygens (including phenoxy) is 2. The van der Waals surface area contributed by atoms with E-state index in [-0.39, 0.29) is 12.5 Å². The van der Waals surface area contributed by atoms with Gasteiger partial charge >= 0.3 is 0 Å². The van der Waals surface area contributed by atoms with Crippen LogP contribution in [-0.4, -0.2) is 24.1 Å². The molecule has 5 nitrogen and oxygen atoms in total. The first-order chi connectivity index (χ1) is 15.0. The third-order valence-electron chi connectivity index (χ3n) is 4.62. The van der Waals surface area contributed by atoms with Gasteiger partial charge in [-0.3, -0.25) is 10.1 Å². The number of nitrogens with zero attached hydrogens (tertiary/aromatic N) is 1. The Bertz CT molecular complexity index is 1000. The lowest BCUT2D eigenvalue weighted by Gasteiger charge is -2.14. The van der Waals surface area contributed by atoms with Gasteiger partial charge in [-0.2, -0.15) is 0 Å². The Morgan fingerprint density at radius 3 is 2.65 bits per heavy atom. The Balaban J connectivity index is 1.55. The summed E-state index contributed by atoms with van der Waals surface area (Å²) < 4.78 is 12.4. The average molecular weight is 503 g/mol. The quantitative estimate of drug-likeness (QED) is 0.306. The largest absolute Gasteiger partial charge is 0.494 e. The first-order valence-corrected chi connectivity index (χ1v) is 12.0. The maximum absolute atomic E-state index is 12.4. The number of carbonyl (C=O) groups excluding carboxylic acids is 1. The Morgan fingerprint density at radius 2 is 1.94 bits per heavy atom. The highest BCUT2D eigenvalue weighted by molar-refractivity contribution is 9.10. The van der Waals surface area contributed by atoms with Gasteiger partial charge in [0, 0.05) is 15.4 Å². The fourth-order valence-electron chi connectivity index (χ4n) is 2.92. The van der Waals surface area contributed by atoms with Crippen molar-refractivity contribution in [3.05, 3.63) is 57.9 Å². The van der Waals surface area contributed by atoms with Crippen LogP contribution in [0, 0.1) is 0 Å². The number of benzene rings is 2. The van der Waals surface area contributed by atoms with Crippen molar-refractivity contribution in [2.45, 2.75) is 39.5 Å². The summed E-state index contributed by atoms with van der Waals surface area (Å²) in [5.41, 5.74) is 2.85. The maximum atomic E-state index is 12.4. The van der Waals surface area contributed by atoms with E-state index < -0.39 is 0 Å². The highest BCUT2D eigenvalue weighted by Gasteiger charge is 2.12. The standard InChI is InChI=1S/C24H27BrN2O3S/c1-4-5-12-29-19-9-6-17(7-10-19)21-15-31-24(26-21)27-23(28)14-30-22-11-8-18(25)13-20(22)16(2)3/h6-11,13,15-16H,4-5,12,14H2,1-3H3,(H,26,27,28). The monoisotopic (exact) mass is 502 g/mol. The highest BCUT2D eigenvalue weighted by Crippen LogP contribution is 2.30. The van der Waals surface area contributed by atoms with E-state index in [4.69, 9.17) is 9.47 Å². The number of thiazole rings is 1. The number of unbranched alkanes of at least 4 members (excludes halogenated alkanes) is 1. The van der Waals surface area contributed by atoms with Gasteiger partial charge in [0.1, 0.15) is 11.5 Å². The Morgan fingerprint density at radius 1 is 1.16 bits per heavy atom. The van der Waals surface area contributed by atoms with E-state index in [2.05, 4.69) is 47.0 Å². The molecule has 0 atom stereocenters. The molecule has 0 saturated carbocycles. The second-order valence-electron chi connectivity index (χ2n) is 7.44. The molecule has 31 heavy (non-hydrogen) atoms. The molecule has 0 aliphatic heterocycles. The minimum atomic E-state index is -0.238. The Labute approximate surface area is 195 Å². The zero-order valence-corrected chi connectivity index (χ0v) is 20.4. The van der Waals surface area contributed by atoms with Crippen LogP contribution < -0.4 is 14.8 Å². The van der Waals surface area contributed by atoms with Crippen LogP contribution in [0.4, 0.5) is 5.13 Å². The molecule has 0 fully saturated rings. The van der Waals surface area contributed by atoms with Crippen LogP contribution in [0.3, 0.4) is 0 Å². The van der Waals surface area contributed by atoms with E-state index >= 15 is 0 Å². The lowest BCUT2D eigenvalue weighted by atomic mass is 10.0. The zero-order valence-electron chi connectivity index (χ0n) is 18.0. The molecular formula is C24H27BrN2O3S. The number of anilines is 1. The van der Waals surface area contributed by atoms with Crippen molar-refractivity contribution in [2.24, 2.45) is 0 Å². The number of hydrogen-bond donors (Lipinski definition) is 1. The molecule has 1 amide bonds. The van der Waals surface area contributed by atoms with E-state index in [1.807, 2.05) is 47.8 Å². The number of halogens is 1. The summed E-state index contributed by atoms with van der Waals surface area (Å²) in [4.78, 5) is 16.9. The number of aromatic nitrogens is 1. The van der Waals surface area contributed by atoms with Crippen LogP contribution >= 0.6 is 27.3 Å². The molecule has 0 unspecified atom stereocenters. The van der Waals surface area contributed by atoms with Crippen LogP contribution in [-0.2, 0) is 4.79 Å². The van der Waals surface area contributed by atoms with E-state index in [0.29, 0.717) is 11.0 Å². The average Bonchev–Trinajstić information content (AvgIpc) is 3.21. The van der Waals surface area contributed by atoms with Crippen LogP contribution in [0.15, 0.2) is 52.3 Å². The van der Waals surface area contributed by atoms with Crippen LogP contribution in [0.25, 0.3) is 11.3 Å². The first-order valence-electron chi connectivity index (χ1n) is 10.4. The van der Waals surface area contributed by atoms with Crippen LogP contribution in [0.2, 0.25) is 0 Å². The van der Waals surface area contributed by atoms with Gasteiger partial charge in [0.2, 0.25) is 0 Å². The molecule has 0 aliphatic carbocycles. The van der Waals surface area contributed by atoms with Gasteiger partial charge in [-0.1, -0.05) is 43.1 Å². The highest BCUT2D eigenvalue weighted by atomic mass is 79.9. The van der Waals surface area contributed by atoms with Gasteiger partial charge in [-0.25, -0.2) is 4.98 Å². The van der Waals surface area contributed by atoms with Gasteiger partial charge in [-0.05, 0) is 60.4 Å². The lowest BCUT2D eigenvalue weighted by molar-refractivity contribution is -0.118. The summed E-state index contributed by atoms with van der Waals surface area (Å²) in [6.45, 7) is 6.98. The molecule has 2 aromatic carbocycles. The third-order valence-corrected chi connectivity index (χ3v) is 5.87. The molecule has 164 valence electrons. The van der Waals surface area contributed by atoms with Crippen LogP contribution in [0.1, 0.15) is 45.1 Å². The Kier molecular flexibility index (Phi) is 8.49. The van der Waals surface area contributed by atoms with Crippen molar-refractivity contribution < 1.29 is 14.3 Å². The van der Waals surface area contributed by atoms with Crippen molar-refractivity contribution in [3.63, 3.8) is 0 Å². The summed E-state index contributed by atoms with van der Waals surface area (Å²) in [6.07, 6.45) is 2.15. The van der Waals surface area contributed by atoms with Gasteiger partial charge in [0.25, 0.3) is 5.91 Å². The molecule has 0 bridgehead atoms. The SMILES string of the molecule is CCCCOc1ccc(-c2csc(NC(=O)COc3ccc(Br)cc3C(C)C)n2)cc1. The van der Waals surface area contributed by atoms with E-state index in [1.54, 1.807) is 0 Å². The van der Waals surface area contributed by atoms with Crippen molar-refractivity contribution in [1.29, 1.82) is 0 Å². The molecule has 1 N–H and O–H groups in total. The van der Waals surface area contributed by atoms with Crippen molar-refractivity contribution in [2.75, 3.05) is 18.5 Å². The van der Waals surface area contributed by atoms with E-state index in [9.17, 15) is 4.79 Å². The first kappa shape index (κ1) is 23.3.